The Balaban J connectivity index is 2.03. The van der Waals surface area contributed by atoms with E-state index in [1.54, 1.807) is 0 Å². The highest BCUT2D eigenvalue weighted by Gasteiger charge is 2.07. The van der Waals surface area contributed by atoms with Crippen molar-refractivity contribution in [2.75, 3.05) is 6.54 Å². The minimum absolute atomic E-state index is 0.0814. The monoisotopic (exact) mass is 327 g/mol. The van der Waals surface area contributed by atoms with Gasteiger partial charge >= 0.3 is 0 Å². The first-order chi connectivity index (χ1) is 11.1. The second kappa shape index (κ2) is 7.99. The molecule has 116 valence electrons. The van der Waals surface area contributed by atoms with Gasteiger partial charge in [-0.1, -0.05) is 35.6 Å². The van der Waals surface area contributed by atoms with Crippen LogP contribution in [-0.4, -0.2) is 23.8 Å². The van der Waals surface area contributed by atoms with Crippen LogP contribution in [0.2, 0.25) is 5.02 Å². The largest absolute Gasteiger partial charge is 0.506 e. The number of carbonyl (C=O) groups excluding carboxylic acids is 1. The Morgan fingerprint density at radius 3 is 2.91 bits per heavy atom. The molecular formula is C17H14ClN3O2. The average Bonchev–Trinajstić information content (AvgIpc) is 2.55. The lowest BCUT2D eigenvalue weighted by molar-refractivity contribution is 0.0955. The number of hydrogen-bond acceptors (Lipinski definition) is 4. The van der Waals surface area contributed by atoms with Crippen LogP contribution < -0.4 is 11.2 Å². The van der Waals surface area contributed by atoms with Gasteiger partial charge in [-0.05, 0) is 35.9 Å². The highest BCUT2D eigenvalue weighted by molar-refractivity contribution is 6.32. The molecule has 0 heterocycles. The highest BCUT2D eigenvalue weighted by atomic mass is 35.5. The Morgan fingerprint density at radius 2 is 2.17 bits per heavy atom. The molecule has 5 nitrogen and oxygen atoms in total. The van der Waals surface area contributed by atoms with Gasteiger partial charge in [-0.3, -0.25) is 4.79 Å². The van der Waals surface area contributed by atoms with Crippen LogP contribution >= 0.6 is 11.6 Å². The van der Waals surface area contributed by atoms with Crippen LogP contribution in [0.3, 0.4) is 0 Å². The number of phenolic OH excluding ortho intramolecular Hbond substituents is 1. The summed E-state index contributed by atoms with van der Waals surface area (Å²) < 4.78 is 0. The zero-order valence-corrected chi connectivity index (χ0v) is 12.8. The van der Waals surface area contributed by atoms with Crippen LogP contribution in [0.4, 0.5) is 0 Å². The van der Waals surface area contributed by atoms with Gasteiger partial charge in [-0.2, -0.15) is 5.10 Å². The van der Waals surface area contributed by atoms with Gasteiger partial charge in [0.25, 0.3) is 5.91 Å². The number of hydrogen-bond donors (Lipinski definition) is 3. The van der Waals surface area contributed by atoms with Crippen molar-refractivity contribution in [3.63, 3.8) is 0 Å². The van der Waals surface area contributed by atoms with Crippen LogP contribution in [0.25, 0.3) is 0 Å². The minimum atomic E-state index is -0.428. The molecule has 0 spiro atoms. The fourth-order valence-corrected chi connectivity index (χ4v) is 1.91. The first-order valence-corrected chi connectivity index (χ1v) is 7.09. The van der Waals surface area contributed by atoms with E-state index in [0.717, 1.165) is 11.1 Å². The van der Waals surface area contributed by atoms with Gasteiger partial charge in [0.2, 0.25) is 0 Å². The molecule has 6 heteroatoms. The molecule has 0 aromatic heterocycles. The van der Waals surface area contributed by atoms with Crippen molar-refractivity contribution < 1.29 is 9.90 Å². The minimum Gasteiger partial charge on any atom is -0.506 e. The third-order valence-electron chi connectivity index (χ3n) is 2.81. The number of carbonyl (C=O) groups is 1. The van der Waals surface area contributed by atoms with Crippen molar-refractivity contribution in [3.05, 3.63) is 64.2 Å². The topological polar surface area (TPSA) is 87.7 Å². The average molecular weight is 328 g/mol. The Labute approximate surface area is 138 Å². The van der Waals surface area contributed by atoms with Crippen molar-refractivity contribution in [1.82, 2.24) is 5.43 Å². The van der Waals surface area contributed by atoms with Gasteiger partial charge < -0.3 is 10.8 Å². The number of phenols is 1. The molecule has 2 rings (SSSR count). The van der Waals surface area contributed by atoms with Crippen LogP contribution in [0.1, 0.15) is 21.5 Å². The predicted molar refractivity (Wildman–Crippen MR) is 90.6 cm³/mol. The van der Waals surface area contributed by atoms with Crippen molar-refractivity contribution in [1.29, 1.82) is 0 Å². The molecule has 0 aliphatic carbocycles. The molecule has 0 fully saturated rings. The molecule has 0 aliphatic heterocycles. The zero-order chi connectivity index (χ0) is 16.7. The van der Waals surface area contributed by atoms with Gasteiger partial charge in [-0.15, -0.1) is 0 Å². The van der Waals surface area contributed by atoms with Gasteiger partial charge in [-0.25, -0.2) is 5.43 Å². The molecule has 0 saturated heterocycles. The van der Waals surface area contributed by atoms with Crippen molar-refractivity contribution in [3.8, 4) is 17.6 Å². The van der Waals surface area contributed by atoms with Crippen LogP contribution in [-0.2, 0) is 0 Å². The Morgan fingerprint density at radius 1 is 1.35 bits per heavy atom. The van der Waals surface area contributed by atoms with E-state index in [4.69, 9.17) is 17.3 Å². The fraction of sp³-hybridized carbons (Fsp3) is 0.0588. The third kappa shape index (κ3) is 4.85. The number of amides is 1. The summed E-state index contributed by atoms with van der Waals surface area (Å²) in [5, 5.41) is 13.3. The van der Waals surface area contributed by atoms with Gasteiger partial charge in [0.05, 0.1) is 17.8 Å². The maximum atomic E-state index is 11.9. The van der Waals surface area contributed by atoms with E-state index in [9.17, 15) is 9.90 Å². The molecular weight excluding hydrogens is 314 g/mol. The summed E-state index contributed by atoms with van der Waals surface area (Å²) in [7, 11) is 0. The maximum absolute atomic E-state index is 11.9. The van der Waals surface area contributed by atoms with Crippen molar-refractivity contribution >= 4 is 23.7 Å². The molecule has 0 aliphatic rings. The number of halogens is 1. The second-order valence-corrected chi connectivity index (χ2v) is 4.90. The Hall–Kier alpha value is -2.81. The molecule has 0 bridgehead atoms. The van der Waals surface area contributed by atoms with E-state index >= 15 is 0 Å². The summed E-state index contributed by atoms with van der Waals surface area (Å²) in [5.41, 5.74) is 9.63. The predicted octanol–water partition coefficient (Wildman–Crippen LogP) is 2.12. The van der Waals surface area contributed by atoms with E-state index in [-0.39, 0.29) is 10.8 Å². The van der Waals surface area contributed by atoms with Crippen LogP contribution in [0.5, 0.6) is 5.75 Å². The summed E-state index contributed by atoms with van der Waals surface area (Å²) >= 11 is 5.76. The summed E-state index contributed by atoms with van der Waals surface area (Å²) in [5.74, 6) is 5.18. The molecule has 4 N–H and O–H groups in total. The van der Waals surface area contributed by atoms with Gasteiger partial charge in [0.1, 0.15) is 5.75 Å². The normalized spacial score (nSPS) is 10.2. The molecule has 0 saturated carbocycles. The molecule has 0 radical (unpaired) electrons. The second-order valence-electron chi connectivity index (χ2n) is 4.50. The van der Waals surface area contributed by atoms with Gasteiger partial charge in [0, 0.05) is 11.1 Å². The Bertz CT molecular complexity index is 807. The lowest BCUT2D eigenvalue weighted by atomic mass is 10.1. The molecule has 0 atom stereocenters. The van der Waals surface area contributed by atoms with E-state index in [0.29, 0.717) is 12.1 Å². The standard InChI is InChI=1S/C17H14ClN3O2/c18-15-10-14(6-7-16(15)22)17(23)21-20-11-13-4-1-3-12(9-13)5-2-8-19/h1,3-4,6-7,9-11,22H,8,19H2,(H,21,23)/b20-11+. The third-order valence-corrected chi connectivity index (χ3v) is 3.11. The first-order valence-electron chi connectivity index (χ1n) is 6.71. The molecule has 0 unspecified atom stereocenters. The van der Waals surface area contributed by atoms with E-state index in [2.05, 4.69) is 22.4 Å². The van der Waals surface area contributed by atoms with E-state index in [1.165, 1.54) is 24.4 Å². The number of nitrogens with one attached hydrogen (secondary N) is 1. The maximum Gasteiger partial charge on any atom is 0.271 e. The summed E-state index contributed by atoms with van der Waals surface area (Å²) in [6, 6.07) is 11.5. The quantitative estimate of drug-likeness (QED) is 0.458. The summed E-state index contributed by atoms with van der Waals surface area (Å²) in [4.78, 5) is 11.9. The first kappa shape index (κ1) is 16.6. The number of aromatic hydroxyl groups is 1. The summed E-state index contributed by atoms with van der Waals surface area (Å²) in [6.45, 7) is 0.295. The van der Waals surface area contributed by atoms with Crippen molar-refractivity contribution in [2.45, 2.75) is 0 Å². The Kier molecular flexibility index (Phi) is 5.75. The van der Waals surface area contributed by atoms with Crippen molar-refractivity contribution in [2.24, 2.45) is 10.8 Å². The zero-order valence-electron chi connectivity index (χ0n) is 12.1. The SMILES string of the molecule is NCC#Cc1cccc(/C=N/NC(=O)c2ccc(O)c(Cl)c2)c1. The molecule has 2 aromatic carbocycles. The number of hydrazone groups is 1. The lowest BCUT2D eigenvalue weighted by Gasteiger charge is -2.02. The number of benzene rings is 2. The van der Waals surface area contributed by atoms with E-state index < -0.39 is 5.91 Å². The smallest absolute Gasteiger partial charge is 0.271 e. The van der Waals surface area contributed by atoms with Crippen LogP contribution in [0, 0.1) is 11.8 Å². The van der Waals surface area contributed by atoms with Gasteiger partial charge in [0.15, 0.2) is 0 Å². The number of rotatable bonds is 3. The lowest BCUT2D eigenvalue weighted by Crippen LogP contribution is -2.17. The van der Waals surface area contributed by atoms with Crippen LogP contribution in [0.15, 0.2) is 47.6 Å². The number of nitrogens with zero attached hydrogens (tertiary/aromatic N) is 1. The van der Waals surface area contributed by atoms with E-state index in [1.807, 2.05) is 24.3 Å². The number of nitrogens with two attached hydrogens (primary N) is 1. The molecule has 23 heavy (non-hydrogen) atoms. The molecule has 2 aromatic rings. The summed E-state index contributed by atoms with van der Waals surface area (Å²) in [6.07, 6.45) is 1.51. The fourth-order valence-electron chi connectivity index (χ4n) is 1.73. The molecule has 1 amide bonds. The highest BCUT2D eigenvalue weighted by Crippen LogP contribution is 2.23.